The van der Waals surface area contributed by atoms with Gasteiger partial charge in [0.15, 0.2) is 11.0 Å². The molecule has 1 rings (SSSR count). The van der Waals surface area contributed by atoms with Crippen molar-refractivity contribution in [3.63, 3.8) is 0 Å². The Labute approximate surface area is 108 Å². The summed E-state index contributed by atoms with van der Waals surface area (Å²) in [6, 6.07) is 0. The van der Waals surface area contributed by atoms with E-state index in [0.29, 0.717) is 0 Å². The summed E-state index contributed by atoms with van der Waals surface area (Å²) in [6.07, 6.45) is 0.522. The van der Waals surface area contributed by atoms with E-state index in [1.807, 2.05) is 0 Å². The van der Waals surface area contributed by atoms with Crippen molar-refractivity contribution in [2.45, 2.75) is 26.4 Å². The van der Waals surface area contributed by atoms with E-state index in [-0.39, 0.29) is 11.0 Å². The second kappa shape index (κ2) is 5.63. The van der Waals surface area contributed by atoms with Gasteiger partial charge in [-0.3, -0.25) is 5.32 Å². The standard InChI is InChI=1S/C10H12ClN3O4/c1-10(2,3)18-9(16)17-8(15)14-7-6(11)12-4-5-13-7/h4-5H,1-3H3,(H,13,14,15). The van der Waals surface area contributed by atoms with Crippen LogP contribution in [0.4, 0.5) is 15.4 Å². The minimum Gasteiger partial charge on any atom is -0.428 e. The lowest BCUT2D eigenvalue weighted by atomic mass is 10.2. The SMILES string of the molecule is CC(C)(C)OC(=O)OC(=O)Nc1nccnc1Cl. The quantitative estimate of drug-likeness (QED) is 0.625. The number of carbonyl (C=O) groups is 2. The molecule has 0 unspecified atom stereocenters. The Morgan fingerprint density at radius 2 is 1.89 bits per heavy atom. The summed E-state index contributed by atoms with van der Waals surface area (Å²) in [5.74, 6) is -0.00674. The van der Waals surface area contributed by atoms with Gasteiger partial charge in [-0.2, -0.15) is 0 Å². The topological polar surface area (TPSA) is 90.4 Å². The molecule has 0 bridgehead atoms. The first kappa shape index (κ1) is 14.2. The monoisotopic (exact) mass is 273 g/mol. The van der Waals surface area contributed by atoms with Crippen molar-refractivity contribution < 1.29 is 19.1 Å². The van der Waals surface area contributed by atoms with Crippen LogP contribution in [0.3, 0.4) is 0 Å². The van der Waals surface area contributed by atoms with Gasteiger partial charge in [0.2, 0.25) is 0 Å². The maximum Gasteiger partial charge on any atom is 0.517 e. The molecule has 0 saturated carbocycles. The lowest BCUT2D eigenvalue weighted by Gasteiger charge is -2.18. The van der Waals surface area contributed by atoms with Crippen molar-refractivity contribution in [2.75, 3.05) is 5.32 Å². The van der Waals surface area contributed by atoms with Gasteiger partial charge >= 0.3 is 12.2 Å². The summed E-state index contributed by atoms with van der Waals surface area (Å²) in [6.45, 7) is 4.93. The number of aromatic nitrogens is 2. The molecule has 0 atom stereocenters. The van der Waals surface area contributed by atoms with E-state index in [1.54, 1.807) is 20.8 Å². The number of hydrogen-bond donors (Lipinski definition) is 1. The van der Waals surface area contributed by atoms with E-state index in [9.17, 15) is 9.59 Å². The third kappa shape index (κ3) is 4.96. The van der Waals surface area contributed by atoms with E-state index in [4.69, 9.17) is 16.3 Å². The van der Waals surface area contributed by atoms with Crippen molar-refractivity contribution >= 4 is 29.7 Å². The molecule has 0 saturated heterocycles. The third-order valence-corrected chi connectivity index (χ3v) is 1.72. The fourth-order valence-corrected chi connectivity index (χ4v) is 1.03. The van der Waals surface area contributed by atoms with Crippen LogP contribution in [-0.4, -0.2) is 27.8 Å². The van der Waals surface area contributed by atoms with Crippen LogP contribution in [0.2, 0.25) is 5.15 Å². The van der Waals surface area contributed by atoms with Crippen molar-refractivity contribution in [3.05, 3.63) is 17.5 Å². The molecular formula is C10H12ClN3O4. The highest BCUT2D eigenvalue weighted by atomic mass is 35.5. The Kier molecular flexibility index (Phi) is 4.43. The van der Waals surface area contributed by atoms with Gasteiger partial charge in [0.25, 0.3) is 0 Å². The predicted molar refractivity (Wildman–Crippen MR) is 63.4 cm³/mol. The second-order valence-electron chi connectivity index (χ2n) is 4.17. The number of amides is 1. The van der Waals surface area contributed by atoms with Crippen LogP contribution in [-0.2, 0) is 9.47 Å². The molecule has 0 spiro atoms. The minimum atomic E-state index is -1.11. The van der Waals surface area contributed by atoms with Gasteiger partial charge in [0, 0.05) is 12.4 Å². The highest BCUT2D eigenvalue weighted by Gasteiger charge is 2.20. The number of hydrogen-bond acceptors (Lipinski definition) is 6. The summed E-state index contributed by atoms with van der Waals surface area (Å²) in [7, 11) is 0. The maximum atomic E-state index is 11.3. The highest BCUT2D eigenvalue weighted by molar-refractivity contribution is 6.32. The molecule has 1 N–H and O–H groups in total. The summed E-state index contributed by atoms with van der Waals surface area (Å²) in [4.78, 5) is 29.9. The van der Waals surface area contributed by atoms with E-state index in [1.165, 1.54) is 12.4 Å². The molecule has 0 aromatic carbocycles. The number of anilines is 1. The minimum absolute atomic E-state index is 0.00674. The normalized spacial score (nSPS) is 10.7. The molecule has 98 valence electrons. The van der Waals surface area contributed by atoms with Crippen LogP contribution in [0.5, 0.6) is 0 Å². The third-order valence-electron chi connectivity index (χ3n) is 1.44. The average molecular weight is 274 g/mol. The molecule has 1 heterocycles. The number of rotatable bonds is 1. The molecule has 0 fully saturated rings. The Balaban J connectivity index is 2.53. The molecule has 1 aromatic heterocycles. The van der Waals surface area contributed by atoms with Gasteiger partial charge in [0.1, 0.15) is 5.60 Å². The lowest BCUT2D eigenvalue weighted by Crippen LogP contribution is -2.27. The van der Waals surface area contributed by atoms with Crippen molar-refractivity contribution in [3.8, 4) is 0 Å². The van der Waals surface area contributed by atoms with Gasteiger partial charge in [-0.1, -0.05) is 11.6 Å². The van der Waals surface area contributed by atoms with Crippen LogP contribution >= 0.6 is 11.6 Å². The van der Waals surface area contributed by atoms with E-state index >= 15 is 0 Å². The zero-order valence-corrected chi connectivity index (χ0v) is 10.8. The van der Waals surface area contributed by atoms with Crippen LogP contribution < -0.4 is 5.32 Å². The van der Waals surface area contributed by atoms with Gasteiger partial charge in [-0.25, -0.2) is 19.6 Å². The van der Waals surface area contributed by atoms with Crippen LogP contribution in [0.25, 0.3) is 0 Å². The predicted octanol–water partition coefficient (Wildman–Crippen LogP) is 2.61. The van der Waals surface area contributed by atoms with Crippen molar-refractivity contribution in [1.29, 1.82) is 0 Å². The largest absolute Gasteiger partial charge is 0.517 e. The first-order valence-electron chi connectivity index (χ1n) is 4.96. The fraction of sp³-hybridized carbons (Fsp3) is 0.400. The molecule has 0 aliphatic heterocycles. The van der Waals surface area contributed by atoms with Crippen molar-refractivity contribution in [1.82, 2.24) is 9.97 Å². The Morgan fingerprint density at radius 1 is 1.28 bits per heavy atom. The van der Waals surface area contributed by atoms with Crippen LogP contribution in [0.1, 0.15) is 20.8 Å². The zero-order chi connectivity index (χ0) is 13.8. The number of nitrogens with one attached hydrogen (secondary N) is 1. The zero-order valence-electron chi connectivity index (χ0n) is 10.1. The van der Waals surface area contributed by atoms with Gasteiger partial charge in [-0.15, -0.1) is 0 Å². The Bertz CT molecular complexity index is 459. The average Bonchev–Trinajstić information content (AvgIpc) is 2.18. The Morgan fingerprint density at radius 3 is 2.44 bits per heavy atom. The molecule has 18 heavy (non-hydrogen) atoms. The lowest BCUT2D eigenvalue weighted by molar-refractivity contribution is 0.0111. The van der Waals surface area contributed by atoms with Crippen molar-refractivity contribution in [2.24, 2.45) is 0 Å². The van der Waals surface area contributed by atoms with E-state index < -0.39 is 17.8 Å². The maximum absolute atomic E-state index is 11.3. The number of ether oxygens (including phenoxy) is 2. The first-order valence-corrected chi connectivity index (χ1v) is 5.34. The number of halogens is 1. The number of carbonyl (C=O) groups excluding carboxylic acids is 2. The molecular weight excluding hydrogens is 262 g/mol. The molecule has 1 amide bonds. The summed E-state index contributed by atoms with van der Waals surface area (Å²) in [5.41, 5.74) is -0.748. The van der Waals surface area contributed by atoms with Crippen LogP contribution in [0.15, 0.2) is 12.4 Å². The van der Waals surface area contributed by atoms with Gasteiger partial charge in [0.05, 0.1) is 0 Å². The highest BCUT2D eigenvalue weighted by Crippen LogP contribution is 2.14. The van der Waals surface area contributed by atoms with Gasteiger partial charge in [-0.05, 0) is 20.8 Å². The molecule has 0 aliphatic rings. The van der Waals surface area contributed by atoms with Crippen LogP contribution in [0, 0.1) is 0 Å². The smallest absolute Gasteiger partial charge is 0.428 e. The molecule has 8 heteroatoms. The molecule has 0 aliphatic carbocycles. The summed E-state index contributed by atoms with van der Waals surface area (Å²) < 4.78 is 9.13. The molecule has 7 nitrogen and oxygen atoms in total. The summed E-state index contributed by atoms with van der Waals surface area (Å²) in [5, 5.41) is 2.14. The number of nitrogens with zero attached hydrogens (tertiary/aromatic N) is 2. The Hall–Kier alpha value is -1.89. The molecule has 0 radical (unpaired) electrons. The van der Waals surface area contributed by atoms with E-state index in [0.717, 1.165) is 0 Å². The molecule has 1 aromatic rings. The first-order chi connectivity index (χ1) is 8.28. The summed E-state index contributed by atoms with van der Waals surface area (Å²) >= 11 is 5.65. The van der Waals surface area contributed by atoms with Gasteiger partial charge < -0.3 is 9.47 Å². The fourth-order valence-electron chi connectivity index (χ4n) is 0.874. The second-order valence-corrected chi connectivity index (χ2v) is 4.53. The van der Waals surface area contributed by atoms with E-state index in [2.05, 4.69) is 20.0 Å².